The molecule has 1 nitrogen and oxygen atoms in total. The summed E-state index contributed by atoms with van der Waals surface area (Å²) < 4.78 is 6.13. The van der Waals surface area contributed by atoms with Gasteiger partial charge in [0.2, 0.25) is 0 Å². The van der Waals surface area contributed by atoms with E-state index in [0.717, 1.165) is 18.4 Å². The third-order valence-corrected chi connectivity index (χ3v) is 6.58. The molecule has 3 rings (SSSR count). The molecule has 3 aliphatic rings. The molecule has 0 N–H and O–H groups in total. The van der Waals surface area contributed by atoms with Gasteiger partial charge in [-0.3, -0.25) is 0 Å². The lowest BCUT2D eigenvalue weighted by molar-refractivity contribution is -0.147. The second kappa shape index (κ2) is 3.50. The molecule has 0 spiro atoms. The molecule has 0 aromatic carbocycles. The largest absolute Gasteiger partial charge is 0.375 e. The summed E-state index contributed by atoms with van der Waals surface area (Å²) in [5.41, 5.74) is 1.31. The summed E-state index contributed by atoms with van der Waals surface area (Å²) in [6.07, 6.45) is 8.27. The normalized spacial score (nSPS) is 52.9. The highest BCUT2D eigenvalue weighted by atomic mass is 16.5. The Hall–Kier alpha value is -0.0400. The molecule has 3 fully saturated rings. The van der Waals surface area contributed by atoms with Crippen LogP contribution >= 0.6 is 0 Å². The fourth-order valence-corrected chi connectivity index (χ4v) is 5.82. The Bertz CT molecular complexity index is 317. The fraction of sp³-hybridized carbons (Fsp3) is 1.00. The van der Waals surface area contributed by atoms with E-state index < -0.39 is 0 Å². The van der Waals surface area contributed by atoms with Crippen LogP contribution in [0.3, 0.4) is 0 Å². The molecule has 1 unspecified atom stereocenters. The van der Waals surface area contributed by atoms with Gasteiger partial charge in [-0.15, -0.1) is 0 Å². The Morgan fingerprint density at radius 1 is 0.882 bits per heavy atom. The van der Waals surface area contributed by atoms with E-state index in [-0.39, 0.29) is 5.60 Å². The van der Waals surface area contributed by atoms with Crippen molar-refractivity contribution in [3.05, 3.63) is 0 Å². The number of rotatable bonds is 0. The van der Waals surface area contributed by atoms with Gasteiger partial charge in [0.05, 0.1) is 5.60 Å². The van der Waals surface area contributed by atoms with Gasteiger partial charge >= 0.3 is 0 Å². The summed E-state index contributed by atoms with van der Waals surface area (Å²) >= 11 is 0. The van der Waals surface area contributed by atoms with Crippen molar-refractivity contribution in [2.24, 2.45) is 22.7 Å². The van der Waals surface area contributed by atoms with Crippen LogP contribution in [0, 0.1) is 22.7 Å². The Morgan fingerprint density at radius 2 is 1.65 bits per heavy atom. The summed E-state index contributed by atoms with van der Waals surface area (Å²) in [5.74, 6) is 1.73. The van der Waals surface area contributed by atoms with E-state index in [2.05, 4.69) is 27.7 Å². The van der Waals surface area contributed by atoms with Crippen LogP contribution < -0.4 is 0 Å². The van der Waals surface area contributed by atoms with E-state index in [1.165, 1.54) is 38.5 Å². The maximum absolute atomic E-state index is 6.13. The second-order valence-corrected chi connectivity index (χ2v) is 7.94. The lowest BCUT2D eigenvalue weighted by Gasteiger charge is -2.60. The molecule has 0 amide bonds. The first-order valence-corrected chi connectivity index (χ1v) is 7.52. The molecule has 1 heteroatoms. The minimum Gasteiger partial charge on any atom is -0.375 e. The minimum absolute atomic E-state index is 0.207. The van der Waals surface area contributed by atoms with Crippen molar-refractivity contribution in [3.8, 4) is 0 Å². The van der Waals surface area contributed by atoms with Gasteiger partial charge in [-0.1, -0.05) is 27.2 Å². The predicted octanol–water partition coefficient (Wildman–Crippen LogP) is 4.41. The number of ether oxygens (including phenoxy) is 1. The number of hydrogen-bond donors (Lipinski definition) is 0. The van der Waals surface area contributed by atoms with Gasteiger partial charge in [-0.25, -0.2) is 0 Å². The van der Waals surface area contributed by atoms with Gasteiger partial charge < -0.3 is 4.74 Å². The average molecular weight is 236 g/mol. The summed E-state index contributed by atoms with van der Waals surface area (Å²) in [6.45, 7) is 11.0. The highest BCUT2D eigenvalue weighted by Gasteiger charge is 2.60. The van der Waals surface area contributed by atoms with Crippen molar-refractivity contribution in [1.29, 1.82) is 0 Å². The zero-order valence-electron chi connectivity index (χ0n) is 12.0. The molecule has 0 aromatic rings. The Morgan fingerprint density at radius 3 is 2.41 bits per heavy atom. The Labute approximate surface area is 106 Å². The summed E-state index contributed by atoms with van der Waals surface area (Å²) in [5, 5.41) is 0. The molecular weight excluding hydrogens is 208 g/mol. The maximum atomic E-state index is 6.13. The van der Waals surface area contributed by atoms with Crippen LogP contribution in [0.25, 0.3) is 0 Å². The van der Waals surface area contributed by atoms with Crippen molar-refractivity contribution in [2.75, 3.05) is 6.61 Å². The minimum atomic E-state index is 0.207. The zero-order chi connectivity index (χ0) is 12.3. The molecule has 2 aliphatic carbocycles. The standard InChI is InChI=1S/C16H28O/c1-14(2)8-5-9-15(3)12(14)6-10-16(4)13(15)7-11-17-16/h12-13H,5-11H2,1-4H3/t12-,13+,15-,16?/m0/s1. The van der Waals surface area contributed by atoms with E-state index in [4.69, 9.17) is 4.74 Å². The van der Waals surface area contributed by atoms with Crippen molar-refractivity contribution in [1.82, 2.24) is 0 Å². The van der Waals surface area contributed by atoms with Crippen molar-refractivity contribution >= 4 is 0 Å². The Balaban J connectivity index is 1.98. The number of fused-ring (bicyclic) bond motifs is 3. The molecule has 17 heavy (non-hydrogen) atoms. The van der Waals surface area contributed by atoms with Crippen LogP contribution in [0.1, 0.15) is 66.2 Å². The molecule has 1 aliphatic heterocycles. The van der Waals surface area contributed by atoms with E-state index >= 15 is 0 Å². The number of hydrogen-bond acceptors (Lipinski definition) is 1. The molecule has 1 saturated heterocycles. The van der Waals surface area contributed by atoms with Gasteiger partial charge in [-0.05, 0) is 61.7 Å². The Kier molecular flexibility index (Phi) is 2.47. The van der Waals surface area contributed by atoms with Crippen molar-refractivity contribution in [3.63, 3.8) is 0 Å². The molecule has 4 atom stereocenters. The first kappa shape index (κ1) is 12.0. The van der Waals surface area contributed by atoms with Gasteiger partial charge in [0.1, 0.15) is 0 Å². The molecule has 0 radical (unpaired) electrons. The van der Waals surface area contributed by atoms with Crippen LogP contribution in [-0.4, -0.2) is 12.2 Å². The van der Waals surface area contributed by atoms with Crippen molar-refractivity contribution < 1.29 is 4.74 Å². The third kappa shape index (κ3) is 1.54. The second-order valence-electron chi connectivity index (χ2n) is 7.94. The fourth-order valence-electron chi connectivity index (χ4n) is 5.82. The van der Waals surface area contributed by atoms with Gasteiger partial charge in [0.25, 0.3) is 0 Å². The lowest BCUT2D eigenvalue weighted by Crippen LogP contribution is -2.55. The summed E-state index contributed by atoms with van der Waals surface area (Å²) in [6, 6.07) is 0. The van der Waals surface area contributed by atoms with Crippen LogP contribution in [0.2, 0.25) is 0 Å². The van der Waals surface area contributed by atoms with Crippen LogP contribution in [-0.2, 0) is 4.74 Å². The molecule has 98 valence electrons. The van der Waals surface area contributed by atoms with Crippen molar-refractivity contribution in [2.45, 2.75) is 71.8 Å². The maximum Gasteiger partial charge on any atom is 0.0688 e. The van der Waals surface area contributed by atoms with Gasteiger partial charge in [0.15, 0.2) is 0 Å². The average Bonchev–Trinajstić information content (AvgIpc) is 2.60. The SMILES string of the molecule is CC1(C)CCC[C@@]2(C)[C@H]1CCC1(C)OCC[C@@H]12. The van der Waals surface area contributed by atoms with E-state index in [0.29, 0.717) is 10.8 Å². The molecule has 0 aromatic heterocycles. The lowest BCUT2D eigenvalue weighted by atomic mass is 9.46. The van der Waals surface area contributed by atoms with E-state index in [1.54, 1.807) is 0 Å². The van der Waals surface area contributed by atoms with E-state index in [9.17, 15) is 0 Å². The monoisotopic (exact) mass is 236 g/mol. The van der Waals surface area contributed by atoms with E-state index in [1.807, 2.05) is 0 Å². The smallest absolute Gasteiger partial charge is 0.0688 e. The predicted molar refractivity (Wildman–Crippen MR) is 70.9 cm³/mol. The molecule has 1 heterocycles. The van der Waals surface area contributed by atoms with Crippen LogP contribution in [0.15, 0.2) is 0 Å². The summed E-state index contributed by atoms with van der Waals surface area (Å²) in [7, 11) is 0. The summed E-state index contributed by atoms with van der Waals surface area (Å²) in [4.78, 5) is 0. The van der Waals surface area contributed by atoms with Crippen LogP contribution in [0.4, 0.5) is 0 Å². The molecule has 0 bridgehead atoms. The zero-order valence-corrected chi connectivity index (χ0v) is 12.0. The quantitative estimate of drug-likeness (QED) is 0.605. The van der Waals surface area contributed by atoms with Gasteiger partial charge in [0, 0.05) is 6.61 Å². The molecule has 2 saturated carbocycles. The van der Waals surface area contributed by atoms with Crippen LogP contribution in [0.5, 0.6) is 0 Å². The first-order chi connectivity index (χ1) is 7.89. The van der Waals surface area contributed by atoms with Gasteiger partial charge in [-0.2, -0.15) is 0 Å². The third-order valence-electron chi connectivity index (χ3n) is 6.58. The highest BCUT2D eigenvalue weighted by molar-refractivity contribution is 5.09. The molecular formula is C16H28O. The first-order valence-electron chi connectivity index (χ1n) is 7.52. The topological polar surface area (TPSA) is 9.23 Å². The highest BCUT2D eigenvalue weighted by Crippen LogP contribution is 2.64.